The Morgan fingerprint density at radius 2 is 1.71 bits per heavy atom. The molecular formula is C18H22N2O. The van der Waals surface area contributed by atoms with Crippen molar-refractivity contribution in [1.82, 2.24) is 0 Å². The van der Waals surface area contributed by atoms with Crippen molar-refractivity contribution in [2.45, 2.75) is 19.8 Å². The summed E-state index contributed by atoms with van der Waals surface area (Å²) in [7, 11) is 0. The molecule has 1 amide bonds. The lowest BCUT2D eigenvalue weighted by molar-refractivity contribution is -0.118. The lowest BCUT2D eigenvalue weighted by Gasteiger charge is -2.23. The third-order valence-corrected chi connectivity index (χ3v) is 3.56. The minimum atomic E-state index is 0.115. The third kappa shape index (κ3) is 4.17. The van der Waals surface area contributed by atoms with E-state index in [1.807, 2.05) is 66.4 Å². The molecule has 0 bridgehead atoms. The van der Waals surface area contributed by atoms with Gasteiger partial charge in [-0.1, -0.05) is 42.5 Å². The Hall–Kier alpha value is -2.13. The lowest BCUT2D eigenvalue weighted by atomic mass is 10.0. The van der Waals surface area contributed by atoms with E-state index >= 15 is 0 Å². The van der Waals surface area contributed by atoms with E-state index in [-0.39, 0.29) is 5.91 Å². The largest absolute Gasteiger partial charge is 0.330 e. The second-order valence-electron chi connectivity index (χ2n) is 5.13. The van der Waals surface area contributed by atoms with Crippen molar-refractivity contribution in [3.63, 3.8) is 0 Å². The predicted molar refractivity (Wildman–Crippen MR) is 87.3 cm³/mol. The fraction of sp³-hybridized carbons (Fsp3) is 0.278. The van der Waals surface area contributed by atoms with Crippen LogP contribution < -0.4 is 10.6 Å². The van der Waals surface area contributed by atoms with E-state index in [1.165, 1.54) is 0 Å². The maximum Gasteiger partial charge on any atom is 0.231 e. The number of para-hydroxylation sites is 1. The Balaban J connectivity index is 2.17. The first-order chi connectivity index (χ1) is 10.2. The van der Waals surface area contributed by atoms with E-state index in [0.717, 1.165) is 23.2 Å². The van der Waals surface area contributed by atoms with Gasteiger partial charge in [-0.25, -0.2) is 0 Å². The highest BCUT2D eigenvalue weighted by Gasteiger charge is 2.16. The van der Waals surface area contributed by atoms with Crippen molar-refractivity contribution in [2.24, 2.45) is 5.73 Å². The number of nitrogens with zero attached hydrogens (tertiary/aromatic N) is 1. The van der Waals surface area contributed by atoms with Crippen LogP contribution in [0.5, 0.6) is 0 Å². The van der Waals surface area contributed by atoms with Crippen molar-refractivity contribution in [3.8, 4) is 0 Å². The zero-order chi connectivity index (χ0) is 15.1. The van der Waals surface area contributed by atoms with Gasteiger partial charge in [0, 0.05) is 12.2 Å². The van der Waals surface area contributed by atoms with E-state index in [9.17, 15) is 4.79 Å². The summed E-state index contributed by atoms with van der Waals surface area (Å²) in [5.74, 6) is 0.115. The van der Waals surface area contributed by atoms with Crippen molar-refractivity contribution < 1.29 is 4.79 Å². The van der Waals surface area contributed by atoms with Crippen LogP contribution in [0.4, 0.5) is 5.69 Å². The molecule has 2 aromatic rings. The molecule has 2 rings (SSSR count). The van der Waals surface area contributed by atoms with E-state index < -0.39 is 0 Å². The Morgan fingerprint density at radius 3 is 2.38 bits per heavy atom. The SMILES string of the molecule is Cc1ccccc1CC(=O)N(CCCN)c1ccccc1. The molecule has 0 atom stereocenters. The minimum absolute atomic E-state index is 0.115. The van der Waals surface area contributed by atoms with Gasteiger partial charge in [-0.3, -0.25) is 4.79 Å². The molecule has 0 fully saturated rings. The molecule has 0 heterocycles. The van der Waals surface area contributed by atoms with Crippen molar-refractivity contribution in [2.75, 3.05) is 18.0 Å². The molecule has 0 saturated carbocycles. The molecule has 0 spiro atoms. The molecule has 3 heteroatoms. The van der Waals surface area contributed by atoms with Crippen LogP contribution >= 0.6 is 0 Å². The predicted octanol–water partition coefficient (Wildman–Crippen LogP) is 2.92. The Labute approximate surface area is 126 Å². The van der Waals surface area contributed by atoms with Gasteiger partial charge >= 0.3 is 0 Å². The summed E-state index contributed by atoms with van der Waals surface area (Å²) in [6.07, 6.45) is 1.22. The first-order valence-electron chi connectivity index (χ1n) is 7.32. The molecule has 0 aromatic heterocycles. The Morgan fingerprint density at radius 1 is 1.05 bits per heavy atom. The van der Waals surface area contributed by atoms with Crippen LogP contribution in [0.2, 0.25) is 0 Å². The van der Waals surface area contributed by atoms with Crippen LogP contribution in [0.25, 0.3) is 0 Å². The maximum absolute atomic E-state index is 12.7. The van der Waals surface area contributed by atoms with Crippen molar-refractivity contribution in [3.05, 3.63) is 65.7 Å². The van der Waals surface area contributed by atoms with E-state index in [1.54, 1.807) is 0 Å². The topological polar surface area (TPSA) is 46.3 Å². The standard InChI is InChI=1S/C18H22N2O/c1-15-8-5-6-9-16(15)14-18(21)20(13-7-12-19)17-10-3-2-4-11-17/h2-6,8-11H,7,12-14,19H2,1H3. The lowest BCUT2D eigenvalue weighted by Crippen LogP contribution is -2.34. The second kappa shape index (κ2) is 7.60. The van der Waals surface area contributed by atoms with Crippen LogP contribution in [0, 0.1) is 6.92 Å². The zero-order valence-corrected chi connectivity index (χ0v) is 12.5. The van der Waals surface area contributed by atoms with Crippen molar-refractivity contribution >= 4 is 11.6 Å². The highest BCUT2D eigenvalue weighted by Crippen LogP contribution is 2.17. The molecule has 0 radical (unpaired) electrons. The average molecular weight is 282 g/mol. The van der Waals surface area contributed by atoms with Gasteiger partial charge in [-0.05, 0) is 43.1 Å². The van der Waals surface area contributed by atoms with Crippen LogP contribution in [0.3, 0.4) is 0 Å². The number of hydrogen-bond donors (Lipinski definition) is 1. The Bertz CT molecular complexity index is 581. The smallest absolute Gasteiger partial charge is 0.231 e. The number of benzene rings is 2. The summed E-state index contributed by atoms with van der Waals surface area (Å²) in [4.78, 5) is 14.5. The summed E-state index contributed by atoms with van der Waals surface area (Å²) >= 11 is 0. The minimum Gasteiger partial charge on any atom is -0.330 e. The molecule has 0 saturated heterocycles. The summed E-state index contributed by atoms with van der Waals surface area (Å²) in [5.41, 5.74) is 8.76. The molecule has 0 aliphatic heterocycles. The number of nitrogens with two attached hydrogens (primary N) is 1. The monoisotopic (exact) mass is 282 g/mol. The van der Waals surface area contributed by atoms with Gasteiger partial charge in [0.1, 0.15) is 0 Å². The summed E-state index contributed by atoms with van der Waals surface area (Å²) in [6.45, 7) is 3.28. The van der Waals surface area contributed by atoms with Gasteiger partial charge < -0.3 is 10.6 Å². The molecule has 3 nitrogen and oxygen atoms in total. The number of carbonyl (C=O) groups is 1. The quantitative estimate of drug-likeness (QED) is 0.885. The molecule has 21 heavy (non-hydrogen) atoms. The fourth-order valence-electron chi connectivity index (χ4n) is 2.32. The van der Waals surface area contributed by atoms with Crippen LogP contribution in [-0.2, 0) is 11.2 Å². The number of anilines is 1. The molecular weight excluding hydrogens is 260 g/mol. The zero-order valence-electron chi connectivity index (χ0n) is 12.5. The summed E-state index contributed by atoms with van der Waals surface area (Å²) in [5, 5.41) is 0. The molecule has 2 aromatic carbocycles. The first kappa shape index (κ1) is 15.3. The molecule has 0 aliphatic carbocycles. The van der Waals surface area contributed by atoms with Crippen LogP contribution in [-0.4, -0.2) is 19.0 Å². The average Bonchev–Trinajstić information content (AvgIpc) is 2.51. The van der Waals surface area contributed by atoms with Gasteiger partial charge in [0.05, 0.1) is 6.42 Å². The van der Waals surface area contributed by atoms with E-state index in [0.29, 0.717) is 19.5 Å². The highest BCUT2D eigenvalue weighted by atomic mass is 16.2. The fourth-order valence-corrected chi connectivity index (χ4v) is 2.32. The van der Waals surface area contributed by atoms with E-state index in [2.05, 4.69) is 0 Å². The number of rotatable bonds is 6. The van der Waals surface area contributed by atoms with Crippen LogP contribution in [0.1, 0.15) is 17.5 Å². The van der Waals surface area contributed by atoms with Gasteiger partial charge in [0.15, 0.2) is 0 Å². The van der Waals surface area contributed by atoms with Crippen LogP contribution in [0.15, 0.2) is 54.6 Å². The molecule has 110 valence electrons. The maximum atomic E-state index is 12.7. The third-order valence-electron chi connectivity index (χ3n) is 3.56. The van der Waals surface area contributed by atoms with Gasteiger partial charge in [-0.2, -0.15) is 0 Å². The normalized spacial score (nSPS) is 10.4. The number of carbonyl (C=O) groups excluding carboxylic acids is 1. The van der Waals surface area contributed by atoms with Crippen molar-refractivity contribution in [1.29, 1.82) is 0 Å². The van der Waals surface area contributed by atoms with E-state index in [4.69, 9.17) is 5.73 Å². The molecule has 2 N–H and O–H groups in total. The number of aryl methyl sites for hydroxylation is 1. The first-order valence-corrected chi connectivity index (χ1v) is 7.32. The Kier molecular flexibility index (Phi) is 5.52. The number of hydrogen-bond acceptors (Lipinski definition) is 2. The van der Waals surface area contributed by atoms with Gasteiger partial charge in [-0.15, -0.1) is 0 Å². The molecule has 0 unspecified atom stereocenters. The van der Waals surface area contributed by atoms with Gasteiger partial charge in [0.2, 0.25) is 5.91 Å². The van der Waals surface area contributed by atoms with Gasteiger partial charge in [0.25, 0.3) is 0 Å². The molecule has 0 aliphatic rings. The summed E-state index contributed by atoms with van der Waals surface area (Å²) < 4.78 is 0. The number of amides is 1. The second-order valence-corrected chi connectivity index (χ2v) is 5.13. The highest BCUT2D eigenvalue weighted by molar-refractivity contribution is 5.94. The summed E-state index contributed by atoms with van der Waals surface area (Å²) in [6, 6.07) is 17.8.